The van der Waals surface area contributed by atoms with E-state index < -0.39 is 0 Å². The summed E-state index contributed by atoms with van der Waals surface area (Å²) in [5.74, 6) is 0.733. The van der Waals surface area contributed by atoms with Crippen LogP contribution in [0.1, 0.15) is 31.4 Å². The van der Waals surface area contributed by atoms with E-state index in [2.05, 4.69) is 41.2 Å². The minimum Gasteiger partial charge on any atom is -0.310 e. The first-order chi connectivity index (χ1) is 7.58. The predicted molar refractivity (Wildman–Crippen MR) is 72.9 cm³/mol. The number of hydrogen-bond donors (Lipinski definition) is 1. The van der Waals surface area contributed by atoms with Gasteiger partial charge < -0.3 is 5.32 Å². The van der Waals surface area contributed by atoms with Gasteiger partial charge in [-0.25, -0.2) is 0 Å². The summed E-state index contributed by atoms with van der Waals surface area (Å²) in [4.78, 5) is 0. The summed E-state index contributed by atoms with van der Waals surface area (Å²) in [7, 11) is 0. The van der Waals surface area contributed by atoms with E-state index in [1.807, 2.05) is 6.07 Å². The van der Waals surface area contributed by atoms with Gasteiger partial charge in [-0.2, -0.15) is 0 Å². The fraction of sp³-hybridized carbons (Fsp3) is 0.538. The van der Waals surface area contributed by atoms with Crippen molar-refractivity contribution < 1.29 is 0 Å². The highest BCUT2D eigenvalue weighted by Gasteiger charge is 2.22. The molecular formula is C13H17BrClN. The SMILES string of the molecule is CC(C)CC1Cc2c(Br)ccc(Cl)c2CN1. The van der Waals surface area contributed by atoms with E-state index in [1.54, 1.807) is 0 Å². The van der Waals surface area contributed by atoms with Gasteiger partial charge in [-0.1, -0.05) is 41.4 Å². The summed E-state index contributed by atoms with van der Waals surface area (Å²) in [5, 5.41) is 4.45. The van der Waals surface area contributed by atoms with Gasteiger partial charge in [0, 0.05) is 22.1 Å². The fourth-order valence-electron chi connectivity index (χ4n) is 2.35. The van der Waals surface area contributed by atoms with Gasteiger partial charge in [0.05, 0.1) is 0 Å². The third-order valence-electron chi connectivity index (χ3n) is 3.09. The Morgan fingerprint density at radius 3 is 2.88 bits per heavy atom. The van der Waals surface area contributed by atoms with Gasteiger partial charge >= 0.3 is 0 Å². The van der Waals surface area contributed by atoms with Gasteiger partial charge in [0.25, 0.3) is 0 Å². The molecule has 0 aromatic heterocycles. The summed E-state index contributed by atoms with van der Waals surface area (Å²) in [6, 6.07) is 4.61. The van der Waals surface area contributed by atoms with Crippen LogP contribution in [0.5, 0.6) is 0 Å². The van der Waals surface area contributed by atoms with E-state index in [-0.39, 0.29) is 0 Å². The van der Waals surface area contributed by atoms with Crippen LogP contribution in [-0.2, 0) is 13.0 Å². The Labute approximate surface area is 111 Å². The molecule has 0 saturated carbocycles. The Balaban J connectivity index is 2.23. The topological polar surface area (TPSA) is 12.0 Å². The summed E-state index contributed by atoms with van der Waals surface area (Å²) in [6.45, 7) is 5.43. The molecule has 0 bridgehead atoms. The molecule has 0 spiro atoms. The maximum Gasteiger partial charge on any atom is 0.0454 e. The van der Waals surface area contributed by atoms with Crippen LogP contribution in [-0.4, -0.2) is 6.04 Å². The molecule has 1 aliphatic heterocycles. The summed E-state index contributed by atoms with van der Waals surface area (Å²) in [5.41, 5.74) is 2.65. The average Bonchev–Trinajstić information content (AvgIpc) is 2.23. The van der Waals surface area contributed by atoms with Crippen molar-refractivity contribution in [3.8, 4) is 0 Å². The number of fused-ring (bicyclic) bond motifs is 1. The molecule has 0 aliphatic carbocycles. The van der Waals surface area contributed by atoms with E-state index in [1.165, 1.54) is 22.0 Å². The van der Waals surface area contributed by atoms with Gasteiger partial charge in [-0.05, 0) is 42.0 Å². The molecule has 1 heterocycles. The first-order valence-corrected chi connectivity index (χ1v) is 6.94. The molecule has 1 N–H and O–H groups in total. The molecular weight excluding hydrogens is 286 g/mol. The Morgan fingerprint density at radius 1 is 1.44 bits per heavy atom. The number of benzene rings is 1. The molecule has 1 unspecified atom stereocenters. The number of halogens is 2. The van der Waals surface area contributed by atoms with Crippen molar-refractivity contribution in [2.24, 2.45) is 5.92 Å². The van der Waals surface area contributed by atoms with Crippen molar-refractivity contribution in [2.45, 2.75) is 39.3 Å². The van der Waals surface area contributed by atoms with E-state index >= 15 is 0 Å². The molecule has 1 nitrogen and oxygen atoms in total. The van der Waals surface area contributed by atoms with Gasteiger partial charge in [-0.3, -0.25) is 0 Å². The quantitative estimate of drug-likeness (QED) is 0.865. The molecule has 0 saturated heterocycles. The van der Waals surface area contributed by atoms with Gasteiger partial charge in [0.1, 0.15) is 0 Å². The van der Waals surface area contributed by atoms with Crippen LogP contribution >= 0.6 is 27.5 Å². The number of rotatable bonds is 2. The van der Waals surface area contributed by atoms with Crippen LogP contribution in [0.3, 0.4) is 0 Å². The summed E-state index contributed by atoms with van der Waals surface area (Å²) in [6.07, 6.45) is 2.30. The Bertz CT molecular complexity index is 390. The summed E-state index contributed by atoms with van der Waals surface area (Å²) >= 11 is 9.83. The standard InChI is InChI=1S/C13H17BrClN/c1-8(2)5-9-6-10-11(7-16-9)13(15)4-3-12(10)14/h3-4,8-9,16H,5-7H2,1-2H3. The second kappa shape index (κ2) is 5.07. The lowest BCUT2D eigenvalue weighted by Gasteiger charge is -2.28. The average molecular weight is 303 g/mol. The van der Waals surface area contributed by atoms with Crippen LogP contribution in [0.4, 0.5) is 0 Å². The van der Waals surface area contributed by atoms with Gasteiger partial charge in [0.15, 0.2) is 0 Å². The minimum atomic E-state index is 0.585. The zero-order valence-electron chi connectivity index (χ0n) is 9.69. The fourth-order valence-corrected chi connectivity index (χ4v) is 3.13. The molecule has 0 fully saturated rings. The number of nitrogens with one attached hydrogen (secondary N) is 1. The van der Waals surface area contributed by atoms with Crippen molar-refractivity contribution in [1.29, 1.82) is 0 Å². The first kappa shape index (κ1) is 12.4. The highest BCUT2D eigenvalue weighted by molar-refractivity contribution is 9.10. The van der Waals surface area contributed by atoms with Crippen molar-refractivity contribution >= 4 is 27.5 Å². The highest BCUT2D eigenvalue weighted by atomic mass is 79.9. The molecule has 0 radical (unpaired) electrons. The van der Waals surface area contributed by atoms with Crippen LogP contribution < -0.4 is 5.32 Å². The van der Waals surface area contributed by atoms with E-state index in [0.717, 1.165) is 23.9 Å². The predicted octanol–water partition coefficient (Wildman–Crippen LogP) is 4.16. The number of hydrogen-bond acceptors (Lipinski definition) is 1. The van der Waals surface area contributed by atoms with Crippen LogP contribution in [0, 0.1) is 5.92 Å². The van der Waals surface area contributed by atoms with Gasteiger partial charge in [0.2, 0.25) is 0 Å². The molecule has 3 heteroatoms. The lowest BCUT2D eigenvalue weighted by Crippen LogP contribution is -2.36. The molecule has 1 aliphatic rings. The third kappa shape index (κ3) is 2.61. The Morgan fingerprint density at radius 2 is 2.19 bits per heavy atom. The molecule has 88 valence electrons. The lowest BCUT2D eigenvalue weighted by molar-refractivity contribution is 0.397. The van der Waals surface area contributed by atoms with E-state index in [4.69, 9.17) is 11.6 Å². The zero-order valence-corrected chi connectivity index (χ0v) is 12.0. The largest absolute Gasteiger partial charge is 0.310 e. The maximum absolute atomic E-state index is 6.21. The van der Waals surface area contributed by atoms with Crippen molar-refractivity contribution in [3.05, 3.63) is 32.8 Å². The first-order valence-electron chi connectivity index (χ1n) is 5.77. The highest BCUT2D eigenvalue weighted by Crippen LogP contribution is 2.31. The molecule has 0 amide bonds. The normalized spacial score (nSPS) is 19.9. The van der Waals surface area contributed by atoms with Crippen molar-refractivity contribution in [2.75, 3.05) is 0 Å². The van der Waals surface area contributed by atoms with Crippen LogP contribution in [0.2, 0.25) is 5.02 Å². The smallest absolute Gasteiger partial charge is 0.0454 e. The zero-order chi connectivity index (χ0) is 11.7. The van der Waals surface area contributed by atoms with E-state index in [9.17, 15) is 0 Å². The van der Waals surface area contributed by atoms with Crippen LogP contribution in [0.15, 0.2) is 16.6 Å². The maximum atomic E-state index is 6.21. The second-order valence-electron chi connectivity index (χ2n) is 4.90. The summed E-state index contributed by atoms with van der Waals surface area (Å²) < 4.78 is 1.20. The molecule has 1 atom stereocenters. The third-order valence-corrected chi connectivity index (χ3v) is 4.19. The molecule has 2 rings (SSSR count). The molecule has 1 aromatic rings. The van der Waals surface area contributed by atoms with Crippen molar-refractivity contribution in [3.63, 3.8) is 0 Å². The lowest BCUT2D eigenvalue weighted by atomic mass is 9.91. The van der Waals surface area contributed by atoms with E-state index in [0.29, 0.717) is 6.04 Å². The second-order valence-corrected chi connectivity index (χ2v) is 6.16. The van der Waals surface area contributed by atoms with Crippen LogP contribution in [0.25, 0.3) is 0 Å². The Hall–Kier alpha value is -0.0500. The monoisotopic (exact) mass is 301 g/mol. The molecule has 16 heavy (non-hydrogen) atoms. The van der Waals surface area contributed by atoms with Gasteiger partial charge in [-0.15, -0.1) is 0 Å². The minimum absolute atomic E-state index is 0.585. The molecule has 1 aromatic carbocycles. The Kier molecular flexibility index (Phi) is 3.93. The van der Waals surface area contributed by atoms with Crippen molar-refractivity contribution in [1.82, 2.24) is 5.32 Å².